The molecule has 4 aliphatic rings. The quantitative estimate of drug-likeness (QED) is 0.783. The number of amides is 2. The zero-order valence-electron chi connectivity index (χ0n) is 16.2. The summed E-state index contributed by atoms with van der Waals surface area (Å²) in [7, 11) is 1.77. The molecule has 0 radical (unpaired) electrons. The van der Waals surface area contributed by atoms with E-state index in [0.717, 1.165) is 17.4 Å². The van der Waals surface area contributed by atoms with Gasteiger partial charge in [-0.05, 0) is 68.3 Å². The minimum absolute atomic E-state index is 0.206. The summed E-state index contributed by atoms with van der Waals surface area (Å²) >= 11 is 0. The molecule has 0 heterocycles. The smallest absolute Gasteiger partial charge is 0.309 e. The molecule has 146 valence electrons. The Kier molecular flexibility index (Phi) is 4.97. The van der Waals surface area contributed by atoms with Crippen LogP contribution in [0.15, 0.2) is 30.3 Å². The molecular formula is C22H30N2O3. The zero-order chi connectivity index (χ0) is 19.0. The van der Waals surface area contributed by atoms with Crippen molar-refractivity contribution < 1.29 is 14.3 Å². The lowest BCUT2D eigenvalue weighted by Gasteiger charge is -2.60. The van der Waals surface area contributed by atoms with Gasteiger partial charge in [-0.1, -0.05) is 30.3 Å². The van der Waals surface area contributed by atoms with Crippen molar-refractivity contribution in [2.45, 2.75) is 50.7 Å². The summed E-state index contributed by atoms with van der Waals surface area (Å²) in [6.07, 6.45) is 6.18. The minimum atomic E-state index is -0.582. The van der Waals surface area contributed by atoms with Crippen LogP contribution < -0.4 is 10.6 Å². The van der Waals surface area contributed by atoms with Crippen molar-refractivity contribution in [3.05, 3.63) is 35.9 Å². The Labute approximate surface area is 161 Å². The van der Waals surface area contributed by atoms with E-state index in [2.05, 4.69) is 10.6 Å². The number of methoxy groups -OCH3 is 1. The summed E-state index contributed by atoms with van der Waals surface area (Å²) in [6.45, 7) is 2.32. The first kappa shape index (κ1) is 18.5. The summed E-state index contributed by atoms with van der Waals surface area (Å²) in [5.74, 6) is 1.53. The molecule has 27 heavy (non-hydrogen) atoms. The lowest BCUT2D eigenvalue weighted by atomic mass is 9.49. The molecular weight excluding hydrogens is 340 g/mol. The first-order chi connectivity index (χ1) is 13.0. The van der Waals surface area contributed by atoms with E-state index in [9.17, 15) is 9.59 Å². The van der Waals surface area contributed by atoms with Crippen molar-refractivity contribution in [2.24, 2.45) is 23.7 Å². The van der Waals surface area contributed by atoms with Crippen LogP contribution in [0.4, 0.5) is 0 Å². The van der Waals surface area contributed by atoms with Gasteiger partial charge in [-0.3, -0.25) is 9.59 Å². The van der Waals surface area contributed by atoms with Crippen LogP contribution >= 0.6 is 0 Å². The summed E-state index contributed by atoms with van der Waals surface area (Å²) in [5, 5.41) is 5.67. The molecule has 2 N–H and O–H groups in total. The Hall–Kier alpha value is -1.88. The minimum Gasteiger partial charge on any atom is -0.376 e. The molecule has 5 rings (SSSR count). The third kappa shape index (κ3) is 3.38. The molecule has 5 heteroatoms. The van der Waals surface area contributed by atoms with Gasteiger partial charge in [0.1, 0.15) is 0 Å². The van der Waals surface area contributed by atoms with Gasteiger partial charge in [0, 0.05) is 13.7 Å². The van der Waals surface area contributed by atoms with E-state index in [-0.39, 0.29) is 11.6 Å². The maximum Gasteiger partial charge on any atom is 0.309 e. The maximum atomic E-state index is 12.4. The third-order valence-corrected chi connectivity index (χ3v) is 7.28. The van der Waals surface area contributed by atoms with Crippen molar-refractivity contribution >= 4 is 11.8 Å². The highest BCUT2D eigenvalue weighted by Gasteiger charge is 2.57. The van der Waals surface area contributed by atoms with Gasteiger partial charge >= 0.3 is 11.8 Å². The average molecular weight is 370 g/mol. The van der Waals surface area contributed by atoms with Crippen LogP contribution in [-0.2, 0) is 14.3 Å². The molecule has 1 atom stereocenters. The maximum absolute atomic E-state index is 12.4. The summed E-state index contributed by atoms with van der Waals surface area (Å²) in [5.41, 5.74) is 0.682. The standard InChI is InChI=1S/C22H30N2O3/c1-14(17-6-4-3-5-7-17)24-21(26)20(25)23-13-22(27-2)18-9-15-8-16(11-18)12-19(22)10-15/h3-7,14-16,18-19H,8-13H2,1-2H3,(H,23,25)(H,24,26)/t14-,15?,16?,18?,19?,22?/m1/s1. The van der Waals surface area contributed by atoms with Gasteiger partial charge in [0.15, 0.2) is 0 Å². The molecule has 0 saturated heterocycles. The van der Waals surface area contributed by atoms with Gasteiger partial charge in [-0.15, -0.1) is 0 Å². The van der Waals surface area contributed by atoms with E-state index < -0.39 is 11.8 Å². The molecule has 4 fully saturated rings. The number of ether oxygens (including phenoxy) is 1. The average Bonchev–Trinajstić information content (AvgIpc) is 2.68. The number of hydrogen-bond donors (Lipinski definition) is 2. The number of rotatable bonds is 5. The zero-order valence-corrected chi connectivity index (χ0v) is 16.2. The van der Waals surface area contributed by atoms with Crippen LogP contribution in [-0.4, -0.2) is 31.1 Å². The van der Waals surface area contributed by atoms with Gasteiger partial charge in [-0.2, -0.15) is 0 Å². The number of nitrogens with one attached hydrogen (secondary N) is 2. The first-order valence-corrected chi connectivity index (χ1v) is 10.2. The SMILES string of the molecule is COC1(CNC(=O)C(=O)N[C@H](C)c2ccccc2)C2CC3CC(C2)CC1C3. The number of carbonyl (C=O) groups excluding carboxylic acids is 2. The van der Waals surface area contributed by atoms with Crippen LogP contribution in [0.2, 0.25) is 0 Å². The highest BCUT2D eigenvalue weighted by molar-refractivity contribution is 6.35. The van der Waals surface area contributed by atoms with Crippen molar-refractivity contribution in [3.8, 4) is 0 Å². The highest BCUT2D eigenvalue weighted by atomic mass is 16.5. The fourth-order valence-corrected chi connectivity index (χ4v) is 6.06. The van der Waals surface area contributed by atoms with Crippen molar-refractivity contribution in [1.29, 1.82) is 0 Å². The predicted molar refractivity (Wildman–Crippen MR) is 103 cm³/mol. The van der Waals surface area contributed by atoms with E-state index in [1.165, 1.54) is 32.1 Å². The monoisotopic (exact) mass is 370 g/mol. The fraction of sp³-hybridized carbons (Fsp3) is 0.636. The molecule has 0 spiro atoms. The van der Waals surface area contributed by atoms with Crippen molar-refractivity contribution in [3.63, 3.8) is 0 Å². The molecule has 1 aromatic carbocycles. The van der Waals surface area contributed by atoms with E-state index >= 15 is 0 Å². The number of carbonyl (C=O) groups is 2. The third-order valence-electron chi connectivity index (χ3n) is 7.28. The van der Waals surface area contributed by atoms with Gasteiger partial charge in [0.05, 0.1) is 11.6 Å². The van der Waals surface area contributed by atoms with E-state index in [1.807, 2.05) is 37.3 Å². The summed E-state index contributed by atoms with van der Waals surface area (Å²) < 4.78 is 6.05. The highest BCUT2D eigenvalue weighted by Crippen LogP contribution is 2.59. The molecule has 4 saturated carbocycles. The molecule has 4 aliphatic carbocycles. The van der Waals surface area contributed by atoms with Gasteiger partial charge < -0.3 is 15.4 Å². The predicted octanol–water partition coefficient (Wildman–Crippen LogP) is 2.82. The van der Waals surface area contributed by atoms with Gasteiger partial charge in [0.2, 0.25) is 0 Å². The molecule has 5 nitrogen and oxygen atoms in total. The van der Waals surface area contributed by atoms with E-state index in [4.69, 9.17) is 4.74 Å². The Morgan fingerprint density at radius 1 is 1.04 bits per heavy atom. The van der Waals surface area contributed by atoms with Crippen molar-refractivity contribution in [2.75, 3.05) is 13.7 Å². The van der Waals surface area contributed by atoms with E-state index in [0.29, 0.717) is 18.4 Å². The van der Waals surface area contributed by atoms with E-state index in [1.54, 1.807) is 7.11 Å². The second-order valence-corrected chi connectivity index (χ2v) is 8.75. The number of benzene rings is 1. The lowest BCUT2D eigenvalue weighted by Crippen LogP contribution is -2.63. The second-order valence-electron chi connectivity index (χ2n) is 8.75. The Morgan fingerprint density at radius 3 is 2.19 bits per heavy atom. The largest absolute Gasteiger partial charge is 0.376 e. The lowest BCUT2D eigenvalue weighted by molar-refractivity contribution is -0.188. The molecule has 1 aromatic rings. The summed E-state index contributed by atoms with van der Waals surface area (Å²) in [6, 6.07) is 9.45. The Morgan fingerprint density at radius 2 is 1.63 bits per heavy atom. The van der Waals surface area contributed by atoms with Crippen LogP contribution in [0.3, 0.4) is 0 Å². The van der Waals surface area contributed by atoms with Crippen LogP contribution in [0.25, 0.3) is 0 Å². The molecule has 0 aliphatic heterocycles. The second kappa shape index (κ2) is 7.27. The Balaban J connectivity index is 1.36. The molecule has 0 aromatic heterocycles. The summed E-state index contributed by atoms with van der Waals surface area (Å²) in [4.78, 5) is 24.8. The van der Waals surface area contributed by atoms with Gasteiger partial charge in [0.25, 0.3) is 0 Å². The molecule has 0 unspecified atom stereocenters. The Bertz CT molecular complexity index is 675. The normalized spacial score (nSPS) is 34.9. The molecule has 4 bridgehead atoms. The topological polar surface area (TPSA) is 67.4 Å². The van der Waals surface area contributed by atoms with Crippen LogP contribution in [0, 0.1) is 23.7 Å². The van der Waals surface area contributed by atoms with Crippen LogP contribution in [0.1, 0.15) is 50.6 Å². The van der Waals surface area contributed by atoms with Gasteiger partial charge in [-0.25, -0.2) is 0 Å². The fourth-order valence-electron chi connectivity index (χ4n) is 6.06. The van der Waals surface area contributed by atoms with Crippen LogP contribution in [0.5, 0.6) is 0 Å². The number of hydrogen-bond acceptors (Lipinski definition) is 3. The molecule has 2 amide bonds. The first-order valence-electron chi connectivity index (χ1n) is 10.2. The van der Waals surface area contributed by atoms with Crippen molar-refractivity contribution in [1.82, 2.24) is 10.6 Å².